The summed E-state index contributed by atoms with van der Waals surface area (Å²) in [5, 5.41) is -0.109. The Morgan fingerprint density at radius 3 is 1.85 bits per heavy atom. The van der Waals surface area contributed by atoms with Crippen LogP contribution in [-0.4, -0.2) is 19.9 Å². The summed E-state index contributed by atoms with van der Waals surface area (Å²) in [6.07, 6.45) is 5.00. The molecule has 0 aliphatic carbocycles. The second-order valence-corrected chi connectivity index (χ2v) is 5.33. The first kappa shape index (κ1) is 15.4. The van der Waals surface area contributed by atoms with Crippen molar-refractivity contribution < 1.29 is 8.42 Å². The van der Waals surface area contributed by atoms with Crippen LogP contribution in [0.4, 0.5) is 0 Å². The normalized spacial score (nSPS) is 13.0. The van der Waals surface area contributed by atoms with Gasteiger partial charge in [-0.3, -0.25) is 0 Å². The van der Waals surface area contributed by atoms with E-state index in [1.807, 2.05) is 20.8 Å². The lowest BCUT2D eigenvalue weighted by Gasteiger charge is -2.10. The van der Waals surface area contributed by atoms with Gasteiger partial charge in [-0.15, -0.1) is 0 Å². The van der Waals surface area contributed by atoms with Crippen LogP contribution in [0.5, 0.6) is 0 Å². The fourth-order valence-electron chi connectivity index (χ4n) is 1.15. The van der Waals surface area contributed by atoms with Gasteiger partial charge in [0.2, 0.25) is 0 Å². The van der Waals surface area contributed by atoms with Gasteiger partial charge in [-0.25, -0.2) is 8.42 Å². The summed E-state index contributed by atoms with van der Waals surface area (Å²) < 4.78 is 22.1. The molecule has 0 heterocycles. The van der Waals surface area contributed by atoms with Crippen LogP contribution >= 0.6 is 0 Å². The minimum Gasteiger partial charge on any atom is -0.229 e. The molecule has 0 aliphatic heterocycles. The van der Waals surface area contributed by atoms with Crippen LogP contribution in [0.1, 0.15) is 53.4 Å². The minimum atomic E-state index is -2.79. The number of hydrogen-bond acceptors (Lipinski definition) is 2. The molecule has 0 bridgehead atoms. The lowest BCUT2D eigenvalue weighted by atomic mass is 10.2. The van der Waals surface area contributed by atoms with Crippen LogP contribution in [-0.2, 0) is 9.84 Å². The van der Waals surface area contributed by atoms with Gasteiger partial charge in [0.05, 0.1) is 5.25 Å². The van der Waals surface area contributed by atoms with Crippen LogP contribution in [0.3, 0.4) is 0 Å². The Kier molecular flexibility index (Phi) is 10.1. The van der Waals surface area contributed by atoms with E-state index in [1.54, 1.807) is 0 Å². The summed E-state index contributed by atoms with van der Waals surface area (Å²) in [5.41, 5.74) is 0. The number of sulfone groups is 1. The van der Waals surface area contributed by atoms with Crippen LogP contribution in [0, 0.1) is 0 Å². The molecule has 1 unspecified atom stereocenters. The summed E-state index contributed by atoms with van der Waals surface area (Å²) in [4.78, 5) is 0. The second kappa shape index (κ2) is 8.54. The van der Waals surface area contributed by atoms with Gasteiger partial charge in [-0.2, -0.15) is 0 Å². The van der Waals surface area contributed by atoms with Gasteiger partial charge in [0.1, 0.15) is 9.84 Å². The van der Waals surface area contributed by atoms with Gasteiger partial charge in [-0.1, -0.05) is 40.5 Å². The van der Waals surface area contributed by atoms with Gasteiger partial charge in [0.15, 0.2) is 0 Å². The van der Waals surface area contributed by atoms with Gasteiger partial charge in [0.25, 0.3) is 0 Å². The molecule has 0 rings (SSSR count). The molecule has 2 nitrogen and oxygen atoms in total. The van der Waals surface area contributed by atoms with Gasteiger partial charge < -0.3 is 0 Å². The Labute approximate surface area is 83.7 Å². The smallest absolute Gasteiger partial charge is 0.150 e. The Hall–Kier alpha value is -0.0500. The Bertz CT molecular complexity index is 183. The molecule has 0 aromatic rings. The van der Waals surface area contributed by atoms with E-state index in [9.17, 15) is 8.42 Å². The Morgan fingerprint density at radius 1 is 1.15 bits per heavy atom. The molecule has 0 aromatic carbocycles. The van der Waals surface area contributed by atoms with Crippen molar-refractivity contribution in [1.82, 2.24) is 0 Å². The molecule has 0 spiro atoms. The first-order valence-corrected chi connectivity index (χ1v) is 7.16. The second-order valence-electron chi connectivity index (χ2n) is 3.00. The predicted molar refractivity (Wildman–Crippen MR) is 59.8 cm³/mol. The molecule has 0 aromatic heterocycles. The van der Waals surface area contributed by atoms with Gasteiger partial charge in [0, 0.05) is 6.26 Å². The Balaban J connectivity index is 0. The molecule has 0 aliphatic rings. The maximum atomic E-state index is 11.1. The third-order valence-electron chi connectivity index (χ3n) is 1.94. The maximum Gasteiger partial charge on any atom is 0.150 e. The molecule has 0 saturated heterocycles. The van der Waals surface area contributed by atoms with Crippen molar-refractivity contribution in [3.8, 4) is 0 Å². The molecular weight excluding hydrogens is 184 g/mol. The molecule has 82 valence electrons. The van der Waals surface area contributed by atoms with Crippen molar-refractivity contribution in [1.29, 1.82) is 0 Å². The zero-order valence-electron chi connectivity index (χ0n) is 9.63. The fourth-order valence-corrected chi connectivity index (χ4v) is 2.35. The highest BCUT2D eigenvalue weighted by Gasteiger charge is 2.16. The summed E-state index contributed by atoms with van der Waals surface area (Å²) in [6, 6.07) is 0. The third-order valence-corrected chi connectivity index (χ3v) is 3.72. The highest BCUT2D eigenvalue weighted by Crippen LogP contribution is 2.12. The average molecular weight is 208 g/mol. The van der Waals surface area contributed by atoms with Gasteiger partial charge >= 0.3 is 0 Å². The summed E-state index contributed by atoms with van der Waals surface area (Å²) in [7, 11) is -2.79. The topological polar surface area (TPSA) is 34.1 Å². The van der Waals surface area contributed by atoms with Crippen molar-refractivity contribution in [3.05, 3.63) is 0 Å². The molecular formula is C10H24O2S. The standard InChI is InChI=1S/C8H18O2S.C2H6/c1-4-6-7-8(5-2)11(3,9)10;1-2/h8H,4-7H2,1-3H3;1-2H3. The SMILES string of the molecule is CC.CCCCC(CC)S(C)(=O)=O. The fraction of sp³-hybridized carbons (Fsp3) is 1.00. The highest BCUT2D eigenvalue weighted by molar-refractivity contribution is 7.91. The first-order valence-electron chi connectivity index (χ1n) is 5.21. The van der Waals surface area contributed by atoms with Gasteiger partial charge in [-0.05, 0) is 12.8 Å². The number of unbranched alkanes of at least 4 members (excludes halogenated alkanes) is 1. The zero-order chi connectivity index (χ0) is 10.9. The highest BCUT2D eigenvalue weighted by atomic mass is 32.2. The monoisotopic (exact) mass is 208 g/mol. The molecule has 0 amide bonds. The van der Waals surface area contributed by atoms with Crippen LogP contribution in [0.15, 0.2) is 0 Å². The van der Waals surface area contributed by atoms with E-state index < -0.39 is 9.84 Å². The van der Waals surface area contributed by atoms with Crippen molar-refractivity contribution >= 4 is 9.84 Å². The molecule has 0 saturated carbocycles. The Morgan fingerprint density at radius 2 is 1.62 bits per heavy atom. The lowest BCUT2D eigenvalue weighted by molar-refractivity contribution is 0.563. The van der Waals surface area contributed by atoms with E-state index in [0.717, 1.165) is 25.7 Å². The summed E-state index contributed by atoms with van der Waals surface area (Å²) in [5.74, 6) is 0. The van der Waals surface area contributed by atoms with Crippen molar-refractivity contribution in [2.45, 2.75) is 58.6 Å². The first-order chi connectivity index (χ1) is 6.02. The van der Waals surface area contributed by atoms with E-state index in [1.165, 1.54) is 6.26 Å². The number of rotatable bonds is 5. The van der Waals surface area contributed by atoms with E-state index in [0.29, 0.717) is 0 Å². The molecule has 0 fully saturated rings. The molecule has 13 heavy (non-hydrogen) atoms. The molecule has 3 heteroatoms. The quantitative estimate of drug-likeness (QED) is 0.696. The van der Waals surface area contributed by atoms with Crippen LogP contribution in [0.25, 0.3) is 0 Å². The average Bonchev–Trinajstić information content (AvgIpc) is 2.07. The van der Waals surface area contributed by atoms with Crippen molar-refractivity contribution in [3.63, 3.8) is 0 Å². The largest absolute Gasteiger partial charge is 0.229 e. The van der Waals surface area contributed by atoms with Crippen molar-refractivity contribution in [2.24, 2.45) is 0 Å². The summed E-state index contributed by atoms with van der Waals surface area (Å²) >= 11 is 0. The molecule has 1 atom stereocenters. The van der Waals surface area contributed by atoms with Crippen LogP contribution < -0.4 is 0 Å². The van der Waals surface area contributed by atoms with E-state index in [2.05, 4.69) is 6.92 Å². The van der Waals surface area contributed by atoms with E-state index in [4.69, 9.17) is 0 Å². The third kappa shape index (κ3) is 8.28. The maximum absolute atomic E-state index is 11.1. The number of hydrogen-bond donors (Lipinski definition) is 0. The lowest BCUT2D eigenvalue weighted by Crippen LogP contribution is -2.18. The summed E-state index contributed by atoms with van der Waals surface area (Å²) in [6.45, 7) is 8.01. The minimum absolute atomic E-state index is 0.109. The van der Waals surface area contributed by atoms with E-state index >= 15 is 0 Å². The van der Waals surface area contributed by atoms with Crippen LogP contribution in [0.2, 0.25) is 0 Å². The molecule has 0 radical (unpaired) electrons. The zero-order valence-corrected chi connectivity index (χ0v) is 10.4. The van der Waals surface area contributed by atoms with Crippen molar-refractivity contribution in [2.75, 3.05) is 6.26 Å². The van der Waals surface area contributed by atoms with E-state index in [-0.39, 0.29) is 5.25 Å². The molecule has 0 N–H and O–H groups in total. The predicted octanol–water partition coefficient (Wildman–Crippen LogP) is 3.03.